The minimum atomic E-state index is -2.83. The smallest absolute Gasteiger partial charge is 0.387 e. The molecule has 1 heterocycles. The van der Waals surface area contributed by atoms with Crippen LogP contribution in [0.25, 0.3) is 0 Å². The van der Waals surface area contributed by atoms with Crippen molar-refractivity contribution < 1.29 is 18.6 Å². The highest BCUT2D eigenvalue weighted by Crippen LogP contribution is 2.34. The van der Waals surface area contributed by atoms with Crippen molar-refractivity contribution in [3.63, 3.8) is 0 Å². The van der Waals surface area contributed by atoms with Crippen molar-refractivity contribution in [2.45, 2.75) is 31.1 Å². The molecule has 0 saturated carbocycles. The zero-order valence-corrected chi connectivity index (χ0v) is 14.9. The van der Waals surface area contributed by atoms with Crippen LogP contribution in [-0.4, -0.2) is 32.4 Å². The first-order chi connectivity index (χ1) is 12.0. The van der Waals surface area contributed by atoms with Crippen LogP contribution in [0, 0.1) is 0 Å². The van der Waals surface area contributed by atoms with Gasteiger partial charge in [-0.15, -0.1) is 0 Å². The molecule has 0 aromatic heterocycles. The van der Waals surface area contributed by atoms with Crippen LogP contribution in [0.1, 0.15) is 11.1 Å². The predicted octanol–water partition coefficient (Wildman–Crippen LogP) is 4.05. The summed E-state index contributed by atoms with van der Waals surface area (Å²) in [6.45, 7) is -2.27. The first-order valence-corrected chi connectivity index (χ1v) is 9.05. The molecule has 2 aromatic rings. The summed E-state index contributed by atoms with van der Waals surface area (Å²) < 4.78 is 29.4. The number of thiocarbonyl (C=S) groups is 1. The maximum absolute atomic E-state index is 12.2. The highest BCUT2D eigenvalue weighted by atomic mass is 32.2. The molecule has 3 rings (SSSR count). The molecular formula is C18H17F2NO2S2. The topological polar surface area (TPSA) is 32.7 Å². The van der Waals surface area contributed by atoms with Crippen molar-refractivity contribution in [1.82, 2.24) is 4.90 Å². The molecule has 1 saturated heterocycles. The van der Waals surface area contributed by atoms with Crippen molar-refractivity contribution in [2.24, 2.45) is 0 Å². The Bertz CT molecular complexity index is 713. The van der Waals surface area contributed by atoms with Crippen molar-refractivity contribution in [3.8, 4) is 5.75 Å². The molecule has 2 unspecified atom stereocenters. The third-order valence-corrected chi connectivity index (χ3v) is 5.59. The van der Waals surface area contributed by atoms with Crippen LogP contribution >= 0.6 is 24.0 Å². The standard InChI is InChI=1S/C18H17F2NO2S2/c19-17(20)23-14-8-6-12(7-9-14)10-15-16(22)21(18(24)25-15)11-13-4-2-1-3-5-13/h1-9,15-17,22H,10-11H2. The number of alkyl halides is 2. The summed E-state index contributed by atoms with van der Waals surface area (Å²) in [5.74, 6) is 0.125. The quantitative estimate of drug-likeness (QED) is 0.764. The second-order valence-electron chi connectivity index (χ2n) is 5.68. The maximum atomic E-state index is 12.2. The number of benzene rings is 2. The van der Waals surface area contributed by atoms with Crippen LogP contribution in [0.15, 0.2) is 54.6 Å². The number of rotatable bonds is 6. The van der Waals surface area contributed by atoms with E-state index in [1.54, 1.807) is 12.1 Å². The summed E-state index contributed by atoms with van der Waals surface area (Å²) in [4.78, 5) is 1.81. The average Bonchev–Trinajstić information content (AvgIpc) is 2.85. The van der Waals surface area contributed by atoms with E-state index in [-0.39, 0.29) is 11.0 Å². The first kappa shape index (κ1) is 18.1. The first-order valence-electron chi connectivity index (χ1n) is 7.76. The molecule has 0 radical (unpaired) electrons. The van der Waals surface area contributed by atoms with Gasteiger partial charge in [-0.2, -0.15) is 8.78 Å². The number of hydrogen-bond acceptors (Lipinski definition) is 4. The number of aliphatic hydroxyl groups excluding tert-OH is 1. The second-order valence-corrected chi connectivity index (χ2v) is 7.55. The molecule has 0 spiro atoms. The Morgan fingerprint density at radius 2 is 1.76 bits per heavy atom. The fourth-order valence-corrected chi connectivity index (χ4v) is 4.35. The maximum Gasteiger partial charge on any atom is 0.387 e. The lowest BCUT2D eigenvalue weighted by molar-refractivity contribution is -0.0498. The van der Waals surface area contributed by atoms with Gasteiger partial charge < -0.3 is 14.7 Å². The number of ether oxygens (including phenoxy) is 1. The highest BCUT2D eigenvalue weighted by molar-refractivity contribution is 8.23. The van der Waals surface area contributed by atoms with Gasteiger partial charge in [-0.05, 0) is 29.7 Å². The molecule has 1 aliphatic rings. The minimum absolute atomic E-state index is 0.0990. The van der Waals surface area contributed by atoms with Gasteiger partial charge >= 0.3 is 6.61 Å². The summed E-state index contributed by atoms with van der Waals surface area (Å²) in [5.41, 5.74) is 2.01. The summed E-state index contributed by atoms with van der Waals surface area (Å²) in [5, 5.41) is 10.5. The lowest BCUT2D eigenvalue weighted by Crippen LogP contribution is -2.36. The molecule has 2 atom stereocenters. The second kappa shape index (κ2) is 8.12. The number of nitrogens with zero attached hydrogens (tertiary/aromatic N) is 1. The van der Waals surface area contributed by atoms with Gasteiger partial charge in [0.15, 0.2) is 0 Å². The molecular weight excluding hydrogens is 364 g/mol. The SMILES string of the molecule is OC1C(Cc2ccc(OC(F)F)cc2)SC(=S)N1Cc1ccccc1. The van der Waals surface area contributed by atoms with Crippen LogP contribution < -0.4 is 4.74 Å². The molecule has 0 amide bonds. The fourth-order valence-electron chi connectivity index (χ4n) is 2.69. The monoisotopic (exact) mass is 381 g/mol. The number of hydrogen-bond donors (Lipinski definition) is 1. The lowest BCUT2D eigenvalue weighted by Gasteiger charge is -2.24. The molecule has 132 valence electrons. The van der Waals surface area contributed by atoms with E-state index in [1.165, 1.54) is 23.9 Å². The largest absolute Gasteiger partial charge is 0.435 e. The van der Waals surface area contributed by atoms with E-state index in [0.717, 1.165) is 11.1 Å². The summed E-state index contributed by atoms with van der Waals surface area (Å²) >= 11 is 6.87. The molecule has 25 heavy (non-hydrogen) atoms. The average molecular weight is 381 g/mol. The van der Waals surface area contributed by atoms with E-state index in [1.807, 2.05) is 35.2 Å². The molecule has 1 fully saturated rings. The predicted molar refractivity (Wildman–Crippen MR) is 98.7 cm³/mol. The summed E-state index contributed by atoms with van der Waals surface area (Å²) in [7, 11) is 0. The minimum Gasteiger partial charge on any atom is -0.435 e. The van der Waals surface area contributed by atoms with Gasteiger partial charge in [-0.1, -0.05) is 66.4 Å². The highest BCUT2D eigenvalue weighted by Gasteiger charge is 2.36. The van der Waals surface area contributed by atoms with Crippen molar-refractivity contribution in [3.05, 3.63) is 65.7 Å². The lowest BCUT2D eigenvalue weighted by atomic mass is 10.1. The van der Waals surface area contributed by atoms with Crippen LogP contribution in [0.5, 0.6) is 5.75 Å². The Balaban J connectivity index is 1.62. The molecule has 0 bridgehead atoms. The Labute approximate surface area is 154 Å². The van der Waals surface area contributed by atoms with Crippen molar-refractivity contribution in [1.29, 1.82) is 0 Å². The van der Waals surface area contributed by atoms with Gasteiger partial charge in [-0.25, -0.2) is 0 Å². The van der Waals surface area contributed by atoms with E-state index in [9.17, 15) is 13.9 Å². The zero-order chi connectivity index (χ0) is 17.8. The van der Waals surface area contributed by atoms with Gasteiger partial charge in [0.1, 0.15) is 16.3 Å². The normalized spacial score (nSPS) is 20.3. The number of aliphatic hydroxyl groups is 1. The Kier molecular flexibility index (Phi) is 5.88. The van der Waals surface area contributed by atoms with Crippen LogP contribution in [0.2, 0.25) is 0 Å². The third-order valence-electron chi connectivity index (χ3n) is 3.92. The zero-order valence-electron chi connectivity index (χ0n) is 13.2. The molecule has 2 aromatic carbocycles. The molecule has 1 N–H and O–H groups in total. The molecule has 7 heteroatoms. The van der Waals surface area contributed by atoms with Crippen molar-refractivity contribution in [2.75, 3.05) is 0 Å². The van der Waals surface area contributed by atoms with Gasteiger partial charge in [0.2, 0.25) is 0 Å². The van der Waals surface area contributed by atoms with Gasteiger partial charge in [0, 0.05) is 6.54 Å². The van der Waals surface area contributed by atoms with Crippen LogP contribution in [0.4, 0.5) is 8.78 Å². The van der Waals surface area contributed by atoms with Crippen LogP contribution in [-0.2, 0) is 13.0 Å². The van der Waals surface area contributed by atoms with E-state index < -0.39 is 12.8 Å². The van der Waals surface area contributed by atoms with Gasteiger partial charge in [-0.3, -0.25) is 0 Å². The third kappa shape index (κ3) is 4.68. The van der Waals surface area contributed by atoms with Gasteiger partial charge in [0.05, 0.1) is 5.25 Å². The van der Waals surface area contributed by atoms with Gasteiger partial charge in [0.25, 0.3) is 0 Å². The number of thioether (sulfide) groups is 1. The Morgan fingerprint density at radius 1 is 1.08 bits per heavy atom. The van der Waals surface area contributed by atoms with Crippen LogP contribution in [0.3, 0.4) is 0 Å². The van der Waals surface area contributed by atoms with E-state index in [0.29, 0.717) is 17.3 Å². The van der Waals surface area contributed by atoms with E-state index in [2.05, 4.69) is 4.74 Å². The summed E-state index contributed by atoms with van der Waals surface area (Å²) in [6.07, 6.45) is -0.0960. The summed E-state index contributed by atoms with van der Waals surface area (Å²) in [6, 6.07) is 16.3. The Morgan fingerprint density at radius 3 is 2.40 bits per heavy atom. The van der Waals surface area contributed by atoms with E-state index in [4.69, 9.17) is 12.2 Å². The van der Waals surface area contributed by atoms with Crippen molar-refractivity contribution >= 4 is 28.3 Å². The fraction of sp³-hybridized carbons (Fsp3) is 0.278. The van der Waals surface area contributed by atoms with E-state index >= 15 is 0 Å². The number of halogens is 2. The Hall–Kier alpha value is -1.70. The molecule has 1 aliphatic heterocycles. The molecule has 3 nitrogen and oxygen atoms in total. The molecule has 0 aliphatic carbocycles.